The Morgan fingerprint density at radius 3 is 2.15 bits per heavy atom. The molecule has 3 rings (SSSR count). The van der Waals surface area contributed by atoms with Gasteiger partial charge in [0.05, 0.1) is 27.9 Å². The smallest absolute Gasteiger partial charge is 0.132 e. The lowest BCUT2D eigenvalue weighted by Crippen LogP contribution is -2.21. The number of hydrogen-bond acceptors (Lipinski definition) is 5. The van der Waals surface area contributed by atoms with Crippen molar-refractivity contribution in [3.05, 3.63) is 63.8 Å². The van der Waals surface area contributed by atoms with Crippen molar-refractivity contribution in [1.82, 2.24) is 0 Å². The van der Waals surface area contributed by atoms with E-state index in [0.29, 0.717) is 13.0 Å². The van der Waals surface area contributed by atoms with Gasteiger partial charge in [-0.15, -0.1) is 0 Å². The van der Waals surface area contributed by atoms with Gasteiger partial charge in [0, 0.05) is 34.2 Å². The number of phenolic OH excluding ortho intramolecular Hbond substituents is 1. The molecule has 0 fully saturated rings. The Balaban J connectivity index is 2.06. The summed E-state index contributed by atoms with van der Waals surface area (Å²) in [5, 5.41) is 10.5. The molecule has 1 N–H and O–H groups in total. The minimum atomic E-state index is 0.0668. The Morgan fingerprint density at radius 2 is 1.58 bits per heavy atom. The van der Waals surface area contributed by atoms with Gasteiger partial charge in [0.1, 0.15) is 28.7 Å². The SMILES string of the molecule is COc1cc2c(c(OC)c1CC=C(C)C)CC(c1ccc(O)c(CC=C(C)C)c1OC)CO2. The van der Waals surface area contributed by atoms with E-state index in [2.05, 4.69) is 26.0 Å². The molecule has 0 radical (unpaired) electrons. The van der Waals surface area contributed by atoms with Gasteiger partial charge in [-0.3, -0.25) is 0 Å². The minimum absolute atomic E-state index is 0.0668. The summed E-state index contributed by atoms with van der Waals surface area (Å²) >= 11 is 0. The molecule has 5 heteroatoms. The third-order valence-corrected chi connectivity index (χ3v) is 6.06. The number of rotatable bonds is 8. The molecule has 0 saturated carbocycles. The molecule has 2 aromatic rings. The molecule has 1 atom stereocenters. The highest BCUT2D eigenvalue weighted by Gasteiger charge is 2.30. The average Bonchev–Trinajstić information content (AvgIpc) is 2.80. The largest absolute Gasteiger partial charge is 0.508 e. The van der Waals surface area contributed by atoms with Crippen molar-refractivity contribution in [2.45, 2.75) is 52.9 Å². The standard InChI is InChI=1S/C28H36O5/c1-17(2)8-10-21-24(29)13-12-20(27(21)31-6)19-14-23-26(33-16-19)15-25(30-5)22(28(23)32-7)11-9-18(3)4/h8-9,12-13,15,19,29H,10-11,14,16H2,1-7H3. The molecule has 1 aliphatic rings. The zero-order valence-electron chi connectivity index (χ0n) is 20.9. The summed E-state index contributed by atoms with van der Waals surface area (Å²) in [4.78, 5) is 0. The first kappa shape index (κ1) is 24.6. The van der Waals surface area contributed by atoms with Crippen LogP contribution >= 0.6 is 0 Å². The van der Waals surface area contributed by atoms with Crippen LogP contribution in [0.15, 0.2) is 41.5 Å². The van der Waals surface area contributed by atoms with E-state index in [9.17, 15) is 5.11 Å². The first-order valence-electron chi connectivity index (χ1n) is 11.4. The Morgan fingerprint density at radius 1 is 0.939 bits per heavy atom. The number of fused-ring (bicyclic) bond motifs is 1. The molecule has 0 bridgehead atoms. The van der Waals surface area contributed by atoms with E-state index in [1.807, 2.05) is 26.0 Å². The third-order valence-electron chi connectivity index (χ3n) is 6.06. The molecular formula is C28H36O5. The van der Waals surface area contributed by atoms with Crippen molar-refractivity contribution < 1.29 is 24.1 Å². The second-order valence-corrected chi connectivity index (χ2v) is 8.94. The molecule has 33 heavy (non-hydrogen) atoms. The zero-order chi connectivity index (χ0) is 24.1. The van der Waals surface area contributed by atoms with Crippen LogP contribution in [0.4, 0.5) is 0 Å². The Bertz CT molecular complexity index is 1060. The molecular weight excluding hydrogens is 416 g/mol. The first-order valence-corrected chi connectivity index (χ1v) is 11.4. The normalized spacial score (nSPS) is 14.6. The summed E-state index contributed by atoms with van der Waals surface area (Å²) < 4.78 is 23.6. The second-order valence-electron chi connectivity index (χ2n) is 8.94. The van der Waals surface area contributed by atoms with Crippen LogP contribution in [0.3, 0.4) is 0 Å². The maximum Gasteiger partial charge on any atom is 0.132 e. The molecule has 0 spiro atoms. The summed E-state index contributed by atoms with van der Waals surface area (Å²) in [6, 6.07) is 5.67. The summed E-state index contributed by atoms with van der Waals surface area (Å²) in [5.74, 6) is 3.42. The zero-order valence-corrected chi connectivity index (χ0v) is 20.9. The van der Waals surface area contributed by atoms with Crippen LogP contribution in [0.5, 0.6) is 28.7 Å². The number of phenols is 1. The Labute approximate surface area is 197 Å². The third kappa shape index (κ3) is 5.29. The molecule has 0 aromatic heterocycles. The van der Waals surface area contributed by atoms with Crippen molar-refractivity contribution in [2.75, 3.05) is 27.9 Å². The number of hydrogen-bond donors (Lipinski definition) is 1. The number of benzene rings is 2. The lowest BCUT2D eigenvalue weighted by Gasteiger charge is -2.30. The van der Waals surface area contributed by atoms with E-state index in [1.54, 1.807) is 27.4 Å². The van der Waals surface area contributed by atoms with Gasteiger partial charge in [-0.2, -0.15) is 0 Å². The van der Waals surface area contributed by atoms with Gasteiger partial charge >= 0.3 is 0 Å². The van der Waals surface area contributed by atoms with Crippen LogP contribution in [-0.2, 0) is 19.3 Å². The predicted octanol–water partition coefficient (Wildman–Crippen LogP) is 6.15. The average molecular weight is 453 g/mol. The molecule has 1 unspecified atom stereocenters. The molecule has 0 aliphatic carbocycles. The van der Waals surface area contributed by atoms with Crippen LogP contribution in [0.25, 0.3) is 0 Å². The molecule has 5 nitrogen and oxygen atoms in total. The topological polar surface area (TPSA) is 57.2 Å². The molecule has 1 aliphatic heterocycles. The summed E-state index contributed by atoms with van der Waals surface area (Å²) in [6.07, 6.45) is 6.35. The van der Waals surface area contributed by atoms with E-state index in [4.69, 9.17) is 18.9 Å². The van der Waals surface area contributed by atoms with Gasteiger partial charge in [-0.1, -0.05) is 29.4 Å². The summed E-state index contributed by atoms with van der Waals surface area (Å²) in [6.45, 7) is 8.77. The van der Waals surface area contributed by atoms with Crippen molar-refractivity contribution in [1.29, 1.82) is 0 Å². The van der Waals surface area contributed by atoms with E-state index in [0.717, 1.165) is 58.1 Å². The van der Waals surface area contributed by atoms with E-state index < -0.39 is 0 Å². The maximum atomic E-state index is 10.5. The number of aromatic hydroxyl groups is 1. The van der Waals surface area contributed by atoms with E-state index in [-0.39, 0.29) is 11.7 Å². The van der Waals surface area contributed by atoms with Crippen LogP contribution in [-0.4, -0.2) is 33.0 Å². The van der Waals surface area contributed by atoms with Crippen molar-refractivity contribution >= 4 is 0 Å². The van der Waals surface area contributed by atoms with Gasteiger partial charge in [-0.25, -0.2) is 0 Å². The molecule has 0 amide bonds. The Hall–Kier alpha value is -3.08. The molecule has 2 aromatic carbocycles. The fourth-order valence-corrected chi connectivity index (χ4v) is 4.35. The van der Waals surface area contributed by atoms with Gasteiger partial charge in [-0.05, 0) is 53.0 Å². The predicted molar refractivity (Wildman–Crippen MR) is 132 cm³/mol. The summed E-state index contributed by atoms with van der Waals surface area (Å²) in [7, 11) is 5.03. The van der Waals surface area contributed by atoms with Crippen LogP contribution in [0.1, 0.15) is 55.9 Å². The fourth-order valence-electron chi connectivity index (χ4n) is 4.35. The van der Waals surface area contributed by atoms with Gasteiger partial charge < -0.3 is 24.1 Å². The van der Waals surface area contributed by atoms with Crippen molar-refractivity contribution in [3.63, 3.8) is 0 Å². The van der Waals surface area contributed by atoms with Gasteiger partial charge in [0.2, 0.25) is 0 Å². The highest BCUT2D eigenvalue weighted by molar-refractivity contribution is 5.60. The van der Waals surface area contributed by atoms with Crippen LogP contribution < -0.4 is 18.9 Å². The molecule has 1 heterocycles. The van der Waals surface area contributed by atoms with Gasteiger partial charge in [0.15, 0.2) is 0 Å². The summed E-state index contributed by atoms with van der Waals surface area (Å²) in [5.41, 5.74) is 6.32. The first-order chi connectivity index (χ1) is 15.8. The molecule has 178 valence electrons. The minimum Gasteiger partial charge on any atom is -0.508 e. The van der Waals surface area contributed by atoms with E-state index in [1.165, 1.54) is 11.1 Å². The van der Waals surface area contributed by atoms with Crippen LogP contribution in [0.2, 0.25) is 0 Å². The maximum absolute atomic E-state index is 10.5. The quantitative estimate of drug-likeness (QED) is 0.487. The molecule has 0 saturated heterocycles. The Kier molecular flexibility index (Phi) is 7.96. The number of methoxy groups -OCH3 is 3. The fraction of sp³-hybridized carbons (Fsp3) is 0.429. The lowest BCUT2D eigenvalue weighted by molar-refractivity contribution is 0.251. The second kappa shape index (κ2) is 10.7. The van der Waals surface area contributed by atoms with Crippen molar-refractivity contribution in [2.24, 2.45) is 0 Å². The van der Waals surface area contributed by atoms with E-state index >= 15 is 0 Å². The number of allylic oxidation sites excluding steroid dienone is 4. The highest BCUT2D eigenvalue weighted by atomic mass is 16.5. The number of ether oxygens (including phenoxy) is 4. The van der Waals surface area contributed by atoms with Crippen molar-refractivity contribution in [3.8, 4) is 28.7 Å². The van der Waals surface area contributed by atoms with Gasteiger partial charge in [0.25, 0.3) is 0 Å². The van der Waals surface area contributed by atoms with Crippen LogP contribution in [0, 0.1) is 0 Å². The highest BCUT2D eigenvalue weighted by Crippen LogP contribution is 2.47. The lowest BCUT2D eigenvalue weighted by atomic mass is 9.86. The monoisotopic (exact) mass is 452 g/mol.